The van der Waals surface area contributed by atoms with E-state index in [1.807, 2.05) is 4.57 Å². The van der Waals surface area contributed by atoms with Gasteiger partial charge >= 0.3 is 5.97 Å². The minimum absolute atomic E-state index is 0.0108. The molecule has 0 spiro atoms. The second kappa shape index (κ2) is 10.8. The summed E-state index contributed by atoms with van der Waals surface area (Å²) in [5, 5.41) is 0. The highest BCUT2D eigenvalue weighted by Gasteiger charge is 2.16. The number of ether oxygens (including phenoxy) is 2. The van der Waals surface area contributed by atoms with Gasteiger partial charge in [-0.2, -0.15) is 4.99 Å². The van der Waals surface area contributed by atoms with E-state index in [2.05, 4.69) is 4.99 Å². The average Bonchev–Trinajstić information content (AvgIpc) is 3.13. The van der Waals surface area contributed by atoms with E-state index in [1.54, 1.807) is 25.3 Å². The maximum Gasteiger partial charge on any atom is 0.337 e. The minimum Gasteiger partial charge on any atom is -0.465 e. The fourth-order valence-corrected chi connectivity index (χ4v) is 5.56. The molecule has 0 unspecified atom stereocenters. The van der Waals surface area contributed by atoms with Gasteiger partial charge in [0.15, 0.2) is 14.6 Å². The molecule has 2 aromatic carbocycles. The minimum atomic E-state index is -3.63. The van der Waals surface area contributed by atoms with Gasteiger partial charge < -0.3 is 14.0 Å². The quantitative estimate of drug-likeness (QED) is 0.335. The second-order valence-electron chi connectivity index (χ2n) is 7.09. The number of hydrogen-bond donors (Lipinski definition) is 0. The Hall–Kier alpha value is -2.89. The Kier molecular flexibility index (Phi) is 8.11. The van der Waals surface area contributed by atoms with Crippen LogP contribution in [0, 0.1) is 5.82 Å². The molecule has 33 heavy (non-hydrogen) atoms. The number of fused-ring (bicyclic) bond motifs is 1. The molecule has 0 radical (unpaired) electrons. The van der Waals surface area contributed by atoms with Crippen molar-refractivity contribution in [2.75, 3.05) is 26.6 Å². The molecule has 1 amide bonds. The van der Waals surface area contributed by atoms with E-state index >= 15 is 0 Å². The highest BCUT2D eigenvalue weighted by Crippen LogP contribution is 2.20. The SMILES string of the molecule is COCCn1c(=NC(=O)CCCS(=O)(=O)c2ccc(F)cc2)sc2cc(C(=O)OC)ccc21. The van der Waals surface area contributed by atoms with Crippen molar-refractivity contribution in [2.45, 2.75) is 24.3 Å². The zero-order valence-corrected chi connectivity index (χ0v) is 19.7. The van der Waals surface area contributed by atoms with Crippen LogP contribution < -0.4 is 4.80 Å². The summed E-state index contributed by atoms with van der Waals surface area (Å²) >= 11 is 1.24. The molecule has 0 bridgehead atoms. The molecule has 11 heteroatoms. The number of hydrogen-bond acceptors (Lipinski definition) is 7. The summed E-state index contributed by atoms with van der Waals surface area (Å²) < 4.78 is 50.2. The molecule has 0 aliphatic heterocycles. The van der Waals surface area contributed by atoms with Crippen molar-refractivity contribution in [1.29, 1.82) is 0 Å². The predicted octanol–water partition coefficient (Wildman–Crippen LogP) is 2.96. The lowest BCUT2D eigenvalue weighted by atomic mass is 10.2. The van der Waals surface area contributed by atoms with E-state index in [0.717, 1.165) is 22.3 Å². The average molecular weight is 495 g/mol. The fourth-order valence-electron chi connectivity index (χ4n) is 3.14. The van der Waals surface area contributed by atoms with Crippen molar-refractivity contribution >= 4 is 43.3 Å². The number of amides is 1. The van der Waals surface area contributed by atoms with Crippen LogP contribution >= 0.6 is 11.3 Å². The Morgan fingerprint density at radius 3 is 2.52 bits per heavy atom. The Labute approximate surface area is 194 Å². The lowest BCUT2D eigenvalue weighted by Gasteiger charge is -2.05. The molecule has 0 atom stereocenters. The molecule has 0 N–H and O–H groups in total. The van der Waals surface area contributed by atoms with Crippen LogP contribution in [0.15, 0.2) is 52.4 Å². The third-order valence-electron chi connectivity index (χ3n) is 4.82. The van der Waals surface area contributed by atoms with Crippen LogP contribution in [0.3, 0.4) is 0 Å². The molecule has 1 heterocycles. The topological polar surface area (TPSA) is 104 Å². The van der Waals surface area contributed by atoms with Gasteiger partial charge in [-0.3, -0.25) is 4.79 Å². The van der Waals surface area contributed by atoms with Gasteiger partial charge in [-0.15, -0.1) is 0 Å². The number of rotatable bonds is 9. The zero-order valence-electron chi connectivity index (χ0n) is 18.1. The number of thiazole rings is 1. The summed E-state index contributed by atoms with van der Waals surface area (Å²) in [6.07, 6.45) is 0.0177. The molecular formula is C22H23FN2O6S2. The van der Waals surface area contributed by atoms with Gasteiger partial charge in [-0.25, -0.2) is 17.6 Å². The first-order chi connectivity index (χ1) is 15.7. The molecule has 0 saturated carbocycles. The standard InChI is InChI=1S/C22H23FN2O6S2/c1-30-12-11-25-18-10-5-15(21(27)31-2)14-19(18)32-22(25)24-20(26)4-3-13-33(28,29)17-8-6-16(23)7-9-17/h5-10,14H,3-4,11-13H2,1-2H3. The smallest absolute Gasteiger partial charge is 0.337 e. The molecular weight excluding hydrogens is 471 g/mol. The number of nitrogens with zero attached hydrogens (tertiary/aromatic N) is 2. The lowest BCUT2D eigenvalue weighted by molar-refractivity contribution is -0.118. The molecule has 8 nitrogen and oxygen atoms in total. The van der Waals surface area contributed by atoms with Gasteiger partial charge in [0.2, 0.25) is 5.91 Å². The van der Waals surface area contributed by atoms with Crippen molar-refractivity contribution in [3.8, 4) is 0 Å². The third-order valence-corrected chi connectivity index (χ3v) is 7.68. The van der Waals surface area contributed by atoms with Gasteiger partial charge in [0.05, 0.1) is 40.1 Å². The number of benzene rings is 2. The van der Waals surface area contributed by atoms with Gasteiger partial charge in [-0.1, -0.05) is 11.3 Å². The maximum atomic E-state index is 13.0. The summed E-state index contributed by atoms with van der Waals surface area (Å²) in [6.45, 7) is 0.834. The van der Waals surface area contributed by atoms with Gasteiger partial charge in [0.25, 0.3) is 0 Å². The Bertz CT molecular complexity index is 1330. The number of esters is 1. The highest BCUT2D eigenvalue weighted by molar-refractivity contribution is 7.91. The monoisotopic (exact) mass is 494 g/mol. The Morgan fingerprint density at radius 2 is 1.85 bits per heavy atom. The number of sulfone groups is 1. The number of carbonyl (C=O) groups is 2. The summed E-state index contributed by atoms with van der Waals surface area (Å²) in [6, 6.07) is 9.64. The van der Waals surface area contributed by atoms with E-state index in [-0.39, 0.29) is 23.5 Å². The summed E-state index contributed by atoms with van der Waals surface area (Å²) in [5.41, 5.74) is 1.17. The van der Waals surface area contributed by atoms with Gasteiger partial charge in [0, 0.05) is 20.1 Å². The van der Waals surface area contributed by atoms with Crippen molar-refractivity contribution < 1.29 is 31.9 Å². The first-order valence-corrected chi connectivity index (χ1v) is 12.5. The van der Waals surface area contributed by atoms with Crippen molar-refractivity contribution in [3.63, 3.8) is 0 Å². The molecule has 3 rings (SSSR count). The van der Waals surface area contributed by atoms with Gasteiger partial charge in [-0.05, 0) is 48.9 Å². The van der Waals surface area contributed by atoms with Crippen molar-refractivity contribution in [3.05, 3.63) is 58.6 Å². The van der Waals surface area contributed by atoms with Crippen LogP contribution in [0.2, 0.25) is 0 Å². The first kappa shape index (κ1) is 24.7. The predicted molar refractivity (Wildman–Crippen MR) is 121 cm³/mol. The summed E-state index contributed by atoms with van der Waals surface area (Å²) in [5.74, 6) is -1.70. The van der Waals surface area contributed by atoms with E-state index < -0.39 is 27.5 Å². The van der Waals surface area contributed by atoms with Crippen LogP contribution in [-0.2, 0) is 30.7 Å². The van der Waals surface area contributed by atoms with Crippen LogP contribution in [0.1, 0.15) is 23.2 Å². The van der Waals surface area contributed by atoms with Crippen molar-refractivity contribution in [1.82, 2.24) is 4.57 Å². The maximum absolute atomic E-state index is 13.0. The second-order valence-corrected chi connectivity index (χ2v) is 10.2. The number of aromatic nitrogens is 1. The normalized spacial score (nSPS) is 12.3. The third kappa shape index (κ3) is 6.12. The summed E-state index contributed by atoms with van der Waals surface area (Å²) in [4.78, 5) is 28.9. The Balaban J connectivity index is 1.79. The molecule has 0 fully saturated rings. The first-order valence-electron chi connectivity index (χ1n) is 10.0. The van der Waals surface area contributed by atoms with E-state index in [4.69, 9.17) is 9.47 Å². The molecule has 3 aromatic rings. The molecule has 176 valence electrons. The number of carbonyl (C=O) groups excluding carboxylic acids is 2. The Morgan fingerprint density at radius 1 is 1.12 bits per heavy atom. The number of methoxy groups -OCH3 is 2. The molecule has 0 saturated heterocycles. The van der Waals surface area contributed by atoms with E-state index in [9.17, 15) is 22.4 Å². The highest BCUT2D eigenvalue weighted by atomic mass is 32.2. The van der Waals surface area contributed by atoms with Crippen molar-refractivity contribution in [2.24, 2.45) is 4.99 Å². The number of halogens is 1. The lowest BCUT2D eigenvalue weighted by Crippen LogP contribution is -2.19. The molecule has 0 aliphatic carbocycles. The summed E-state index contributed by atoms with van der Waals surface area (Å²) in [7, 11) is -0.761. The van der Waals surface area contributed by atoms with Gasteiger partial charge in [0.1, 0.15) is 5.82 Å². The zero-order chi connectivity index (χ0) is 24.0. The van der Waals surface area contributed by atoms with Crippen LogP contribution in [0.25, 0.3) is 10.2 Å². The molecule has 0 aliphatic rings. The van der Waals surface area contributed by atoms with Crippen LogP contribution in [0.4, 0.5) is 4.39 Å². The molecule has 1 aromatic heterocycles. The largest absolute Gasteiger partial charge is 0.465 e. The van der Waals surface area contributed by atoms with E-state index in [0.29, 0.717) is 23.5 Å². The fraction of sp³-hybridized carbons (Fsp3) is 0.318. The van der Waals surface area contributed by atoms with E-state index in [1.165, 1.54) is 30.6 Å². The van der Waals surface area contributed by atoms with Crippen LogP contribution in [0.5, 0.6) is 0 Å². The van der Waals surface area contributed by atoms with Crippen LogP contribution in [-0.4, -0.2) is 51.4 Å².